The number of carbonyl (C=O) groups is 3. The molecule has 4 rings (SSSR count). The molecule has 0 aromatic heterocycles. The Morgan fingerprint density at radius 3 is 2.27 bits per heavy atom. The minimum absolute atomic E-state index is 0.0801. The quantitative estimate of drug-likeness (QED) is 0.142. The number of aryl methyl sites for hydroxylation is 1. The Balaban J connectivity index is 1.50. The predicted octanol–water partition coefficient (Wildman–Crippen LogP) is 7.05. The van der Waals surface area contributed by atoms with Crippen molar-refractivity contribution >= 4 is 46.9 Å². The van der Waals surface area contributed by atoms with E-state index in [0.717, 1.165) is 16.0 Å². The van der Waals surface area contributed by atoms with Crippen LogP contribution in [-0.4, -0.2) is 23.0 Å². The minimum atomic E-state index is -0.501. The zero-order valence-corrected chi connectivity index (χ0v) is 23.5. The van der Waals surface area contributed by atoms with Gasteiger partial charge in [-0.15, -0.1) is 11.8 Å². The second kappa shape index (κ2) is 14.1. The van der Waals surface area contributed by atoms with Crippen LogP contribution in [0.25, 0.3) is 6.08 Å². The molecule has 6 nitrogen and oxygen atoms in total. The lowest BCUT2D eigenvalue weighted by Crippen LogP contribution is -2.30. The fourth-order valence-electron chi connectivity index (χ4n) is 3.88. The maximum Gasteiger partial charge on any atom is 0.272 e. The standard InChI is InChI=1S/C33H30FN3O3S/c1-3-30(33(40)36-28-15-8-7-14-27(28)34)41-26-13-9-12-25(21-26)35-32(39)29(20-23-18-16-22(2)17-19-23)37-31(38)24-10-5-4-6-11-24/h4-21,30H,3H2,1-2H3,(H,35,39)(H,36,40)(H,37,38)/b29-20-. The summed E-state index contributed by atoms with van der Waals surface area (Å²) in [5.41, 5.74) is 2.95. The molecule has 0 aliphatic heterocycles. The molecule has 208 valence electrons. The second-order valence-corrected chi connectivity index (χ2v) is 10.5. The Bertz CT molecular complexity index is 1560. The number of carbonyl (C=O) groups excluding carboxylic acids is 3. The molecule has 1 atom stereocenters. The molecule has 4 aromatic carbocycles. The molecule has 41 heavy (non-hydrogen) atoms. The number of amides is 3. The molecule has 0 fully saturated rings. The molecule has 1 unspecified atom stereocenters. The number of rotatable bonds is 10. The van der Waals surface area contributed by atoms with Crippen LogP contribution in [0.1, 0.15) is 34.8 Å². The fraction of sp³-hybridized carbons (Fsp3) is 0.121. The summed E-state index contributed by atoms with van der Waals surface area (Å²) in [6.07, 6.45) is 2.13. The number of hydrogen-bond donors (Lipinski definition) is 3. The molecule has 0 aliphatic rings. The molecular formula is C33H30FN3O3S. The maximum absolute atomic E-state index is 14.0. The summed E-state index contributed by atoms with van der Waals surface area (Å²) >= 11 is 1.31. The number of nitrogens with one attached hydrogen (secondary N) is 3. The van der Waals surface area contributed by atoms with E-state index in [4.69, 9.17) is 0 Å². The number of anilines is 2. The topological polar surface area (TPSA) is 87.3 Å². The zero-order chi connectivity index (χ0) is 29.2. The van der Waals surface area contributed by atoms with E-state index >= 15 is 0 Å². The van der Waals surface area contributed by atoms with Crippen LogP contribution in [-0.2, 0) is 9.59 Å². The number of benzene rings is 4. The van der Waals surface area contributed by atoms with Crippen LogP contribution in [0.4, 0.5) is 15.8 Å². The van der Waals surface area contributed by atoms with Crippen LogP contribution in [0.15, 0.2) is 114 Å². The molecule has 0 saturated heterocycles. The molecule has 8 heteroatoms. The predicted molar refractivity (Wildman–Crippen MR) is 163 cm³/mol. The Morgan fingerprint density at radius 1 is 0.854 bits per heavy atom. The SMILES string of the molecule is CCC(Sc1cccc(NC(=O)/C(=C/c2ccc(C)cc2)NC(=O)c2ccccc2)c1)C(=O)Nc1ccccc1F. The van der Waals surface area contributed by atoms with Gasteiger partial charge in [0.2, 0.25) is 5.91 Å². The van der Waals surface area contributed by atoms with Crippen molar-refractivity contribution in [3.63, 3.8) is 0 Å². The molecule has 0 aliphatic carbocycles. The monoisotopic (exact) mass is 567 g/mol. The van der Waals surface area contributed by atoms with Crippen molar-refractivity contribution in [2.24, 2.45) is 0 Å². The van der Waals surface area contributed by atoms with E-state index in [-0.39, 0.29) is 17.3 Å². The zero-order valence-electron chi connectivity index (χ0n) is 22.7. The summed E-state index contributed by atoms with van der Waals surface area (Å²) in [4.78, 5) is 39.9. The Labute approximate surface area is 243 Å². The van der Waals surface area contributed by atoms with Crippen LogP contribution in [0.5, 0.6) is 0 Å². The largest absolute Gasteiger partial charge is 0.323 e. The number of halogens is 1. The molecule has 0 saturated carbocycles. The van der Waals surface area contributed by atoms with Crippen molar-refractivity contribution in [2.75, 3.05) is 10.6 Å². The summed E-state index contributed by atoms with van der Waals surface area (Å²) in [7, 11) is 0. The second-order valence-electron chi connectivity index (χ2n) is 9.25. The number of hydrogen-bond acceptors (Lipinski definition) is 4. The van der Waals surface area contributed by atoms with E-state index in [1.807, 2.05) is 50.2 Å². The first-order valence-electron chi connectivity index (χ1n) is 13.1. The van der Waals surface area contributed by atoms with Gasteiger partial charge in [0.15, 0.2) is 0 Å². The van der Waals surface area contributed by atoms with E-state index < -0.39 is 22.9 Å². The lowest BCUT2D eigenvalue weighted by Gasteiger charge is -2.16. The number of para-hydroxylation sites is 1. The first-order valence-corrected chi connectivity index (χ1v) is 14.0. The molecule has 0 spiro atoms. The first kappa shape index (κ1) is 29.3. The first-order chi connectivity index (χ1) is 19.8. The van der Waals surface area contributed by atoms with Crippen molar-refractivity contribution in [3.8, 4) is 0 Å². The van der Waals surface area contributed by atoms with Crippen LogP contribution in [0.2, 0.25) is 0 Å². The summed E-state index contributed by atoms with van der Waals surface area (Å²) < 4.78 is 14.0. The van der Waals surface area contributed by atoms with Crippen LogP contribution < -0.4 is 16.0 Å². The molecule has 0 bridgehead atoms. The third-order valence-corrected chi connectivity index (χ3v) is 7.44. The summed E-state index contributed by atoms with van der Waals surface area (Å²) in [6, 6.07) is 29.3. The average molecular weight is 568 g/mol. The van der Waals surface area contributed by atoms with Gasteiger partial charge in [-0.25, -0.2) is 4.39 Å². The van der Waals surface area contributed by atoms with Gasteiger partial charge < -0.3 is 16.0 Å². The van der Waals surface area contributed by atoms with Gasteiger partial charge in [-0.2, -0.15) is 0 Å². The summed E-state index contributed by atoms with van der Waals surface area (Å²) in [6.45, 7) is 3.85. The Kier molecular flexibility index (Phi) is 10.1. The highest BCUT2D eigenvalue weighted by Crippen LogP contribution is 2.29. The molecule has 4 aromatic rings. The van der Waals surface area contributed by atoms with Gasteiger partial charge in [0.25, 0.3) is 11.8 Å². The van der Waals surface area contributed by atoms with Crippen molar-refractivity contribution in [2.45, 2.75) is 30.4 Å². The number of thioether (sulfide) groups is 1. The average Bonchev–Trinajstić information content (AvgIpc) is 2.98. The third-order valence-electron chi connectivity index (χ3n) is 6.08. The van der Waals surface area contributed by atoms with Crippen molar-refractivity contribution in [1.29, 1.82) is 0 Å². The lowest BCUT2D eigenvalue weighted by atomic mass is 10.1. The smallest absolute Gasteiger partial charge is 0.272 e. The van der Waals surface area contributed by atoms with Gasteiger partial charge in [0.1, 0.15) is 11.5 Å². The summed E-state index contributed by atoms with van der Waals surface area (Å²) in [5.74, 6) is -1.72. The highest BCUT2D eigenvalue weighted by molar-refractivity contribution is 8.00. The molecule has 3 N–H and O–H groups in total. The van der Waals surface area contributed by atoms with Gasteiger partial charge in [-0.1, -0.05) is 73.2 Å². The van der Waals surface area contributed by atoms with Crippen molar-refractivity contribution in [1.82, 2.24) is 5.32 Å². The van der Waals surface area contributed by atoms with E-state index in [1.54, 1.807) is 60.7 Å². The molecule has 3 amide bonds. The van der Waals surface area contributed by atoms with Crippen LogP contribution in [0, 0.1) is 12.7 Å². The van der Waals surface area contributed by atoms with Crippen LogP contribution >= 0.6 is 11.8 Å². The van der Waals surface area contributed by atoms with E-state index in [1.165, 1.54) is 23.9 Å². The van der Waals surface area contributed by atoms with E-state index in [0.29, 0.717) is 17.7 Å². The summed E-state index contributed by atoms with van der Waals surface area (Å²) in [5, 5.41) is 7.76. The van der Waals surface area contributed by atoms with Gasteiger partial charge in [-0.3, -0.25) is 14.4 Å². The Morgan fingerprint density at radius 2 is 1.56 bits per heavy atom. The highest BCUT2D eigenvalue weighted by Gasteiger charge is 2.20. The van der Waals surface area contributed by atoms with Gasteiger partial charge >= 0.3 is 0 Å². The van der Waals surface area contributed by atoms with E-state index in [9.17, 15) is 18.8 Å². The van der Waals surface area contributed by atoms with Crippen molar-refractivity contribution < 1.29 is 18.8 Å². The van der Waals surface area contributed by atoms with Gasteiger partial charge in [0, 0.05) is 16.1 Å². The van der Waals surface area contributed by atoms with Gasteiger partial charge in [-0.05, 0) is 67.4 Å². The fourth-order valence-corrected chi connectivity index (χ4v) is 4.89. The third kappa shape index (κ3) is 8.40. The van der Waals surface area contributed by atoms with Crippen molar-refractivity contribution in [3.05, 3.63) is 131 Å². The molecule has 0 heterocycles. The lowest BCUT2D eigenvalue weighted by molar-refractivity contribution is -0.116. The highest BCUT2D eigenvalue weighted by atomic mass is 32.2. The normalized spacial score (nSPS) is 11.8. The minimum Gasteiger partial charge on any atom is -0.323 e. The molecule has 0 radical (unpaired) electrons. The van der Waals surface area contributed by atoms with Crippen LogP contribution in [0.3, 0.4) is 0 Å². The maximum atomic E-state index is 14.0. The molecular weight excluding hydrogens is 537 g/mol. The van der Waals surface area contributed by atoms with E-state index in [2.05, 4.69) is 16.0 Å². The Hall–Kier alpha value is -4.69. The van der Waals surface area contributed by atoms with Gasteiger partial charge in [0.05, 0.1) is 10.9 Å².